The summed E-state index contributed by atoms with van der Waals surface area (Å²) in [4.78, 5) is 0.223. The fourth-order valence-electron chi connectivity index (χ4n) is 2.68. The molecular weight excluding hydrogens is 334 g/mol. The van der Waals surface area contributed by atoms with E-state index in [1.54, 1.807) is 6.08 Å². The number of allylic oxidation sites excluding steroid dienone is 1. The Morgan fingerprint density at radius 3 is 2.80 bits per heavy atom. The molecule has 2 aromatic carbocycles. The van der Waals surface area contributed by atoms with E-state index in [9.17, 15) is 0 Å². The highest BCUT2D eigenvalue weighted by atomic mass is 79.9. The molecule has 0 aromatic heterocycles. The third-order valence-corrected chi connectivity index (χ3v) is 4.61. The number of benzene rings is 2. The van der Waals surface area contributed by atoms with E-state index in [1.807, 2.05) is 30.3 Å². The van der Waals surface area contributed by atoms with Gasteiger partial charge in [0.2, 0.25) is 0 Å². The molecule has 0 saturated heterocycles. The van der Waals surface area contributed by atoms with Crippen molar-refractivity contribution >= 4 is 33.1 Å². The molecule has 98 valence electrons. The van der Waals surface area contributed by atoms with Crippen molar-refractivity contribution in [2.24, 2.45) is 0 Å². The van der Waals surface area contributed by atoms with Gasteiger partial charge in [-0.3, -0.25) is 0 Å². The van der Waals surface area contributed by atoms with Crippen LogP contribution in [0.3, 0.4) is 0 Å². The molecule has 0 radical (unpaired) electrons. The lowest BCUT2D eigenvalue weighted by atomic mass is 9.94. The predicted octanol–water partition coefficient (Wildman–Crippen LogP) is 5.29. The number of nitrogens with zero attached hydrogens (tertiary/aromatic N) is 1. The molecule has 1 atom stereocenters. The van der Waals surface area contributed by atoms with E-state index in [0.717, 1.165) is 33.7 Å². The van der Waals surface area contributed by atoms with Crippen LogP contribution in [0.25, 0.3) is 5.57 Å². The van der Waals surface area contributed by atoms with Crippen LogP contribution in [0.2, 0.25) is 5.02 Å². The quantitative estimate of drug-likeness (QED) is 0.471. The van der Waals surface area contributed by atoms with Gasteiger partial charge in [-0.15, -0.1) is 0 Å². The van der Waals surface area contributed by atoms with Gasteiger partial charge in [0.25, 0.3) is 0 Å². The number of hydrogen-bond donors (Lipinski definition) is 0. The van der Waals surface area contributed by atoms with E-state index >= 15 is 0 Å². The lowest BCUT2D eigenvalue weighted by Crippen LogP contribution is -1.95. The molecule has 1 aliphatic rings. The minimum Gasteiger partial charge on any atom is -0.193 e. The Hall–Kier alpha value is -1.56. The molecule has 0 N–H and O–H groups in total. The average molecular weight is 345 g/mol. The second-order valence-electron chi connectivity index (χ2n) is 4.75. The highest BCUT2D eigenvalue weighted by molar-refractivity contribution is 9.09. The zero-order valence-electron chi connectivity index (χ0n) is 10.6. The number of hydrogen-bond acceptors (Lipinski definition) is 1. The normalized spacial score (nSPS) is 18.9. The largest absolute Gasteiger partial charge is 0.193 e. The van der Waals surface area contributed by atoms with Crippen LogP contribution in [0.1, 0.15) is 27.1 Å². The second-order valence-corrected chi connectivity index (χ2v) is 6.29. The number of alkyl halides is 1. The Labute approximate surface area is 131 Å². The summed E-state index contributed by atoms with van der Waals surface area (Å²) >= 11 is 9.87. The van der Waals surface area contributed by atoms with E-state index in [4.69, 9.17) is 16.9 Å². The van der Waals surface area contributed by atoms with Crippen LogP contribution in [-0.4, -0.2) is 0 Å². The molecule has 0 spiro atoms. The van der Waals surface area contributed by atoms with Gasteiger partial charge in [-0.25, -0.2) is 0 Å². The van der Waals surface area contributed by atoms with Crippen LogP contribution >= 0.6 is 27.5 Å². The van der Waals surface area contributed by atoms with Crippen molar-refractivity contribution in [2.75, 3.05) is 0 Å². The average Bonchev–Trinajstić information content (AvgIpc) is 2.56. The van der Waals surface area contributed by atoms with Gasteiger partial charge in [-0.2, -0.15) is 5.26 Å². The molecule has 3 rings (SSSR count). The van der Waals surface area contributed by atoms with Gasteiger partial charge in [0.05, 0.1) is 6.07 Å². The molecular formula is C17H11BrClN. The summed E-state index contributed by atoms with van der Waals surface area (Å²) in [5.41, 5.74) is 5.54. The summed E-state index contributed by atoms with van der Waals surface area (Å²) in [6.07, 6.45) is 2.48. The fourth-order valence-corrected chi connectivity index (χ4v) is 3.62. The first-order valence-corrected chi connectivity index (χ1v) is 7.62. The summed E-state index contributed by atoms with van der Waals surface area (Å²) in [5, 5.41) is 9.85. The Morgan fingerprint density at radius 2 is 2.00 bits per heavy atom. The molecule has 0 amide bonds. The summed E-state index contributed by atoms with van der Waals surface area (Å²) in [7, 11) is 0. The maximum absolute atomic E-state index is 9.12. The topological polar surface area (TPSA) is 23.8 Å². The number of nitriles is 1. The molecule has 2 aromatic rings. The Kier molecular flexibility index (Phi) is 3.65. The summed E-state index contributed by atoms with van der Waals surface area (Å²) in [6.45, 7) is 0. The smallest absolute Gasteiger partial charge is 0.0918 e. The van der Waals surface area contributed by atoms with Crippen molar-refractivity contribution in [3.05, 3.63) is 75.8 Å². The van der Waals surface area contributed by atoms with E-state index < -0.39 is 0 Å². The Morgan fingerprint density at radius 1 is 1.20 bits per heavy atom. The maximum Gasteiger partial charge on any atom is 0.0918 e. The highest BCUT2D eigenvalue weighted by Crippen LogP contribution is 2.41. The van der Waals surface area contributed by atoms with E-state index in [-0.39, 0.29) is 4.83 Å². The zero-order chi connectivity index (χ0) is 14.1. The van der Waals surface area contributed by atoms with E-state index in [1.165, 1.54) is 5.56 Å². The minimum absolute atomic E-state index is 0.223. The van der Waals surface area contributed by atoms with Crippen LogP contribution in [0.15, 0.2) is 48.5 Å². The van der Waals surface area contributed by atoms with Crippen molar-refractivity contribution in [2.45, 2.75) is 11.2 Å². The number of fused-ring (bicyclic) bond motifs is 2. The monoisotopic (exact) mass is 343 g/mol. The van der Waals surface area contributed by atoms with E-state index in [0.29, 0.717) is 0 Å². The van der Waals surface area contributed by atoms with Gasteiger partial charge in [-0.1, -0.05) is 57.9 Å². The summed E-state index contributed by atoms with van der Waals surface area (Å²) < 4.78 is 0. The van der Waals surface area contributed by atoms with Crippen molar-refractivity contribution in [3.63, 3.8) is 0 Å². The summed E-state index contributed by atoms with van der Waals surface area (Å²) in [5.74, 6) is 0. The first-order valence-electron chi connectivity index (χ1n) is 6.32. The molecule has 0 bridgehead atoms. The van der Waals surface area contributed by atoms with E-state index in [2.05, 4.69) is 34.1 Å². The molecule has 1 nitrogen and oxygen atoms in total. The molecule has 0 saturated carbocycles. The number of rotatable bonds is 0. The molecule has 0 fully saturated rings. The van der Waals surface area contributed by atoms with Crippen LogP contribution in [0.5, 0.6) is 0 Å². The standard InChI is InChI=1S/C17H11BrClN/c18-17-10-11-9-12(19)5-6-13(11)15(7-8-20)14-3-1-2-4-16(14)17/h1-7,9,17H,10H2/b15-7-. The van der Waals surface area contributed by atoms with Gasteiger partial charge in [0, 0.05) is 15.9 Å². The SMILES string of the molecule is N#C/C=C1/c2ccc(Cl)cc2CC(Br)c2ccccc21. The van der Waals surface area contributed by atoms with Crippen molar-refractivity contribution < 1.29 is 0 Å². The third kappa shape index (κ3) is 2.28. The van der Waals surface area contributed by atoms with Gasteiger partial charge >= 0.3 is 0 Å². The molecule has 0 aliphatic heterocycles. The van der Waals surface area contributed by atoms with Gasteiger partial charge in [0.1, 0.15) is 0 Å². The molecule has 3 heteroatoms. The van der Waals surface area contributed by atoms with Gasteiger partial charge in [0.15, 0.2) is 0 Å². The fraction of sp³-hybridized carbons (Fsp3) is 0.118. The minimum atomic E-state index is 0.223. The van der Waals surface area contributed by atoms with Crippen LogP contribution in [-0.2, 0) is 6.42 Å². The van der Waals surface area contributed by atoms with Crippen LogP contribution < -0.4 is 0 Å². The van der Waals surface area contributed by atoms with Gasteiger partial charge in [-0.05, 0) is 46.4 Å². The molecule has 0 heterocycles. The third-order valence-electron chi connectivity index (χ3n) is 3.55. The highest BCUT2D eigenvalue weighted by Gasteiger charge is 2.23. The Bertz CT molecular complexity index is 743. The lowest BCUT2D eigenvalue weighted by molar-refractivity contribution is 0.954. The molecule has 20 heavy (non-hydrogen) atoms. The second kappa shape index (κ2) is 5.44. The number of halogens is 2. The van der Waals surface area contributed by atoms with Crippen molar-refractivity contribution in [1.29, 1.82) is 5.26 Å². The van der Waals surface area contributed by atoms with Crippen LogP contribution in [0, 0.1) is 11.3 Å². The Balaban J connectivity index is 2.32. The zero-order valence-corrected chi connectivity index (χ0v) is 12.9. The lowest BCUT2D eigenvalue weighted by Gasteiger charge is -2.11. The van der Waals surface area contributed by atoms with Crippen LogP contribution in [0.4, 0.5) is 0 Å². The van der Waals surface area contributed by atoms with Crippen molar-refractivity contribution in [3.8, 4) is 6.07 Å². The molecule has 1 unspecified atom stereocenters. The van der Waals surface area contributed by atoms with Crippen molar-refractivity contribution in [1.82, 2.24) is 0 Å². The predicted molar refractivity (Wildman–Crippen MR) is 86.0 cm³/mol. The first kappa shape index (κ1) is 13.4. The summed E-state index contributed by atoms with van der Waals surface area (Å²) in [6, 6.07) is 16.2. The van der Waals surface area contributed by atoms with Gasteiger partial charge < -0.3 is 0 Å². The molecule has 1 aliphatic carbocycles. The maximum atomic E-state index is 9.12. The first-order chi connectivity index (χ1) is 9.70.